The van der Waals surface area contributed by atoms with Gasteiger partial charge in [0.05, 0.1) is 5.92 Å². The number of fused-ring (bicyclic) bond motifs is 1. The van der Waals surface area contributed by atoms with Crippen LogP contribution in [-0.2, 0) is 11.2 Å². The van der Waals surface area contributed by atoms with E-state index in [-0.39, 0.29) is 18.4 Å². The Kier molecular flexibility index (Phi) is 4.44. The Morgan fingerprint density at radius 2 is 2.10 bits per heavy atom. The van der Waals surface area contributed by atoms with Crippen molar-refractivity contribution >= 4 is 5.91 Å². The minimum absolute atomic E-state index is 0.0769. The van der Waals surface area contributed by atoms with Crippen LogP contribution in [0.4, 0.5) is 0 Å². The third kappa shape index (κ3) is 3.21. The summed E-state index contributed by atoms with van der Waals surface area (Å²) in [5, 5.41) is 12.4. The summed E-state index contributed by atoms with van der Waals surface area (Å²) in [5.41, 5.74) is 1.11. The molecule has 0 aromatic heterocycles. The highest BCUT2D eigenvalue weighted by molar-refractivity contribution is 5.79. The van der Waals surface area contributed by atoms with Crippen LogP contribution in [0.2, 0.25) is 0 Å². The van der Waals surface area contributed by atoms with Crippen LogP contribution in [0.1, 0.15) is 24.8 Å². The second-order valence-corrected chi connectivity index (χ2v) is 6.20. The minimum atomic E-state index is -0.103. The van der Waals surface area contributed by atoms with Crippen molar-refractivity contribution < 1.29 is 14.6 Å². The lowest BCUT2D eigenvalue weighted by molar-refractivity contribution is -0.126. The van der Waals surface area contributed by atoms with E-state index in [1.54, 1.807) is 0 Å². The third-order valence-electron chi connectivity index (χ3n) is 4.84. The lowest BCUT2D eigenvalue weighted by Gasteiger charge is -2.25. The number of carbonyl (C=O) groups excluding carboxylic acids is 1. The van der Waals surface area contributed by atoms with Gasteiger partial charge in [-0.1, -0.05) is 24.6 Å². The smallest absolute Gasteiger partial charge is 0.226 e. The highest BCUT2D eigenvalue weighted by atomic mass is 16.5. The van der Waals surface area contributed by atoms with Crippen LogP contribution < -0.4 is 10.1 Å². The number of hydrogen-bond acceptors (Lipinski definition) is 3. The topological polar surface area (TPSA) is 58.6 Å². The van der Waals surface area contributed by atoms with Crippen molar-refractivity contribution in [3.63, 3.8) is 0 Å². The lowest BCUT2D eigenvalue weighted by Crippen LogP contribution is -2.40. The fourth-order valence-electron chi connectivity index (χ4n) is 3.50. The van der Waals surface area contributed by atoms with E-state index in [0.717, 1.165) is 37.0 Å². The van der Waals surface area contributed by atoms with Crippen LogP contribution in [0, 0.1) is 17.8 Å². The Bertz CT molecular complexity index is 503. The molecule has 2 aliphatic rings. The molecule has 1 aliphatic carbocycles. The normalized spacial score (nSPS) is 27.8. The van der Waals surface area contributed by atoms with E-state index in [4.69, 9.17) is 4.74 Å². The van der Waals surface area contributed by atoms with Crippen molar-refractivity contribution in [3.8, 4) is 5.75 Å². The Hall–Kier alpha value is -1.55. The molecule has 3 rings (SSSR count). The Morgan fingerprint density at radius 1 is 1.29 bits per heavy atom. The zero-order valence-electron chi connectivity index (χ0n) is 12.3. The first-order chi connectivity index (χ1) is 10.3. The molecule has 1 heterocycles. The van der Waals surface area contributed by atoms with Gasteiger partial charge in [0.1, 0.15) is 12.4 Å². The van der Waals surface area contributed by atoms with Crippen molar-refractivity contribution in [2.24, 2.45) is 17.8 Å². The maximum Gasteiger partial charge on any atom is 0.226 e. The molecule has 1 saturated carbocycles. The molecule has 0 bridgehead atoms. The van der Waals surface area contributed by atoms with Crippen molar-refractivity contribution in [1.29, 1.82) is 0 Å². The zero-order chi connectivity index (χ0) is 14.7. The largest absolute Gasteiger partial charge is 0.492 e. The molecule has 3 atom stereocenters. The number of amides is 1. The van der Waals surface area contributed by atoms with Crippen molar-refractivity contribution in [1.82, 2.24) is 5.32 Å². The van der Waals surface area contributed by atoms with Gasteiger partial charge in [0.25, 0.3) is 0 Å². The Balaban J connectivity index is 1.52. The molecule has 1 aliphatic heterocycles. The van der Waals surface area contributed by atoms with Gasteiger partial charge in [-0.2, -0.15) is 0 Å². The molecule has 0 spiro atoms. The number of rotatable bonds is 4. The van der Waals surface area contributed by atoms with Gasteiger partial charge in [-0.05, 0) is 42.7 Å². The summed E-state index contributed by atoms with van der Waals surface area (Å²) in [6, 6.07) is 7.91. The van der Waals surface area contributed by atoms with Crippen molar-refractivity contribution in [2.75, 3.05) is 19.8 Å². The lowest BCUT2D eigenvalue weighted by atomic mass is 9.94. The molecule has 2 N–H and O–H groups in total. The molecule has 3 unspecified atom stereocenters. The first-order valence-electron chi connectivity index (χ1n) is 7.87. The molecular formula is C17H23NO3. The molecule has 4 nitrogen and oxygen atoms in total. The molecule has 114 valence electrons. The predicted octanol–water partition coefficient (Wildman–Crippen LogP) is 1.76. The Labute approximate surface area is 125 Å². The van der Waals surface area contributed by atoms with E-state index in [1.165, 1.54) is 0 Å². The number of carbonyl (C=O) groups is 1. The minimum Gasteiger partial charge on any atom is -0.492 e. The van der Waals surface area contributed by atoms with E-state index in [0.29, 0.717) is 25.0 Å². The van der Waals surface area contributed by atoms with E-state index in [1.807, 2.05) is 24.3 Å². The quantitative estimate of drug-likeness (QED) is 0.888. The SMILES string of the molecule is O=C(NCC1CCCC1CO)C1COc2ccccc2C1. The number of aliphatic hydroxyl groups is 1. The second kappa shape index (κ2) is 6.48. The zero-order valence-corrected chi connectivity index (χ0v) is 12.3. The molecule has 0 radical (unpaired) electrons. The highest BCUT2D eigenvalue weighted by Crippen LogP contribution is 2.31. The van der Waals surface area contributed by atoms with Gasteiger partial charge in [-0.3, -0.25) is 4.79 Å². The third-order valence-corrected chi connectivity index (χ3v) is 4.84. The standard InChI is InChI=1S/C17H23NO3/c19-10-14-6-3-5-13(14)9-18-17(20)15-8-12-4-1-2-7-16(12)21-11-15/h1-2,4,7,13-15,19H,3,5-6,8-11H2,(H,18,20). The average molecular weight is 289 g/mol. The van der Waals surface area contributed by atoms with Crippen molar-refractivity contribution in [2.45, 2.75) is 25.7 Å². The monoisotopic (exact) mass is 289 g/mol. The first kappa shape index (κ1) is 14.4. The van der Waals surface area contributed by atoms with Gasteiger partial charge in [0.15, 0.2) is 0 Å². The van der Waals surface area contributed by atoms with Gasteiger partial charge in [0, 0.05) is 13.2 Å². The number of para-hydroxylation sites is 1. The summed E-state index contributed by atoms with van der Waals surface area (Å²) in [7, 11) is 0. The van der Waals surface area contributed by atoms with Crippen LogP contribution in [0.25, 0.3) is 0 Å². The summed E-state index contributed by atoms with van der Waals surface area (Å²) in [6.07, 6.45) is 4.09. The molecule has 4 heteroatoms. The van der Waals surface area contributed by atoms with Gasteiger partial charge in [-0.25, -0.2) is 0 Å². The highest BCUT2D eigenvalue weighted by Gasteiger charge is 2.29. The number of ether oxygens (including phenoxy) is 1. The number of nitrogens with one attached hydrogen (secondary N) is 1. The fourth-order valence-corrected chi connectivity index (χ4v) is 3.50. The average Bonchev–Trinajstić information content (AvgIpc) is 2.99. The molecule has 1 amide bonds. The van der Waals surface area contributed by atoms with Crippen LogP contribution in [-0.4, -0.2) is 30.8 Å². The summed E-state index contributed by atoms with van der Waals surface area (Å²) < 4.78 is 5.67. The molecule has 1 aromatic carbocycles. The van der Waals surface area contributed by atoms with Gasteiger partial charge >= 0.3 is 0 Å². The molecule has 1 aromatic rings. The second-order valence-electron chi connectivity index (χ2n) is 6.20. The van der Waals surface area contributed by atoms with Gasteiger partial charge in [-0.15, -0.1) is 0 Å². The maximum atomic E-state index is 12.3. The number of aliphatic hydroxyl groups excluding tert-OH is 1. The van der Waals surface area contributed by atoms with E-state index < -0.39 is 0 Å². The van der Waals surface area contributed by atoms with Crippen molar-refractivity contribution in [3.05, 3.63) is 29.8 Å². The summed E-state index contributed by atoms with van der Waals surface area (Å²) in [5.74, 6) is 1.66. The predicted molar refractivity (Wildman–Crippen MR) is 80.1 cm³/mol. The van der Waals surface area contributed by atoms with Gasteiger partial charge in [0.2, 0.25) is 5.91 Å². The van der Waals surface area contributed by atoms with Crippen LogP contribution >= 0.6 is 0 Å². The van der Waals surface area contributed by atoms with Crippen LogP contribution in [0.3, 0.4) is 0 Å². The fraction of sp³-hybridized carbons (Fsp3) is 0.588. The molecule has 1 fully saturated rings. The van der Waals surface area contributed by atoms with Crippen LogP contribution in [0.15, 0.2) is 24.3 Å². The maximum absolute atomic E-state index is 12.3. The molecule has 21 heavy (non-hydrogen) atoms. The summed E-state index contributed by atoms with van der Waals surface area (Å²) >= 11 is 0. The van der Waals surface area contributed by atoms with Crippen LogP contribution in [0.5, 0.6) is 5.75 Å². The Morgan fingerprint density at radius 3 is 2.95 bits per heavy atom. The van der Waals surface area contributed by atoms with Gasteiger partial charge < -0.3 is 15.2 Å². The number of hydrogen-bond donors (Lipinski definition) is 2. The van der Waals surface area contributed by atoms with E-state index in [2.05, 4.69) is 5.32 Å². The first-order valence-corrected chi connectivity index (χ1v) is 7.87. The summed E-state index contributed by atoms with van der Waals surface area (Å²) in [6.45, 7) is 1.37. The molecule has 0 saturated heterocycles. The summed E-state index contributed by atoms with van der Waals surface area (Å²) in [4.78, 5) is 12.3. The van der Waals surface area contributed by atoms with E-state index in [9.17, 15) is 9.90 Å². The molecular weight excluding hydrogens is 266 g/mol. The number of benzene rings is 1. The van der Waals surface area contributed by atoms with E-state index >= 15 is 0 Å².